The Morgan fingerprint density at radius 3 is 2.80 bits per heavy atom. The highest BCUT2D eigenvalue weighted by molar-refractivity contribution is 5.98. The molecular weight excluding hydrogens is 210 g/mol. The van der Waals surface area contributed by atoms with Crippen molar-refractivity contribution in [3.05, 3.63) is 29.3 Å². The van der Waals surface area contributed by atoms with Crippen molar-refractivity contribution in [3.63, 3.8) is 0 Å². The Bertz CT molecular complexity index is 416. The van der Waals surface area contributed by atoms with Crippen molar-refractivity contribution in [2.45, 2.75) is 13.0 Å². The van der Waals surface area contributed by atoms with Gasteiger partial charge >= 0.3 is 0 Å². The number of rotatable bonds is 0. The summed E-state index contributed by atoms with van der Waals surface area (Å²) in [7, 11) is 1.98. The summed E-state index contributed by atoms with van der Waals surface area (Å²) in [5.74, 6) is 0.641. The number of halogens is 1. The summed E-state index contributed by atoms with van der Waals surface area (Å²) in [5.41, 5.74) is 4.06. The number of benzene rings is 1. The molecule has 0 saturated carbocycles. The molecule has 2 aliphatic rings. The average molecular weight is 224 g/mol. The van der Waals surface area contributed by atoms with Crippen LogP contribution in [0.5, 0.6) is 0 Å². The largest absolute Gasteiger partial charge is 0.341 e. The van der Waals surface area contributed by atoms with Crippen LogP contribution in [0.2, 0.25) is 0 Å². The summed E-state index contributed by atoms with van der Waals surface area (Å²) < 4.78 is 0. The van der Waals surface area contributed by atoms with Crippen LogP contribution in [0.3, 0.4) is 0 Å². The second-order valence-corrected chi connectivity index (χ2v) is 4.01. The fourth-order valence-corrected chi connectivity index (χ4v) is 2.41. The Balaban J connectivity index is 0.000000853. The van der Waals surface area contributed by atoms with E-state index >= 15 is 0 Å². The Kier molecular flexibility index (Phi) is 2.35. The first-order chi connectivity index (χ1) is 6.77. The highest BCUT2D eigenvalue weighted by Gasteiger charge is 2.30. The second kappa shape index (κ2) is 3.42. The van der Waals surface area contributed by atoms with E-state index in [9.17, 15) is 0 Å². The van der Waals surface area contributed by atoms with E-state index in [-0.39, 0.29) is 12.4 Å². The van der Waals surface area contributed by atoms with E-state index in [1.165, 1.54) is 16.8 Å². The third-order valence-corrected chi connectivity index (χ3v) is 3.10. The van der Waals surface area contributed by atoms with Crippen LogP contribution in [0, 0.1) is 5.41 Å². The fourth-order valence-electron chi connectivity index (χ4n) is 2.41. The highest BCUT2D eigenvalue weighted by Crippen LogP contribution is 2.35. The van der Waals surface area contributed by atoms with E-state index in [2.05, 4.69) is 23.1 Å². The van der Waals surface area contributed by atoms with Crippen LogP contribution in [0.15, 0.2) is 18.2 Å². The molecule has 15 heavy (non-hydrogen) atoms. The molecular formula is C11H14ClN3. The Labute approximate surface area is 95.6 Å². The lowest BCUT2D eigenvalue weighted by atomic mass is 10.1. The number of hydrogen-bond acceptors (Lipinski definition) is 1. The van der Waals surface area contributed by atoms with Crippen LogP contribution >= 0.6 is 12.4 Å². The molecule has 1 aromatic rings. The first-order valence-corrected chi connectivity index (χ1v) is 4.95. The topological polar surface area (TPSA) is 30.3 Å². The van der Waals surface area contributed by atoms with Gasteiger partial charge in [-0.25, -0.2) is 0 Å². The van der Waals surface area contributed by atoms with E-state index in [4.69, 9.17) is 5.41 Å². The van der Waals surface area contributed by atoms with Crippen molar-refractivity contribution in [1.29, 1.82) is 5.41 Å². The molecule has 2 aliphatic heterocycles. The lowest BCUT2D eigenvalue weighted by molar-refractivity contribution is 0.475. The van der Waals surface area contributed by atoms with Gasteiger partial charge in [0.15, 0.2) is 5.96 Å². The molecule has 0 bridgehead atoms. The number of anilines is 1. The lowest BCUT2D eigenvalue weighted by Gasteiger charge is -2.34. The van der Waals surface area contributed by atoms with Crippen LogP contribution in [0.1, 0.15) is 11.1 Å². The predicted molar refractivity (Wildman–Crippen MR) is 63.9 cm³/mol. The molecule has 4 heteroatoms. The number of para-hydroxylation sites is 1. The molecule has 0 aliphatic carbocycles. The Hall–Kier alpha value is -1.22. The van der Waals surface area contributed by atoms with E-state index < -0.39 is 0 Å². The zero-order valence-corrected chi connectivity index (χ0v) is 9.47. The zero-order chi connectivity index (χ0) is 9.71. The van der Waals surface area contributed by atoms with Crippen LogP contribution in [0.4, 0.5) is 5.69 Å². The molecule has 0 radical (unpaired) electrons. The average Bonchev–Trinajstić information content (AvgIpc) is 2.60. The van der Waals surface area contributed by atoms with Gasteiger partial charge in [-0.1, -0.05) is 18.2 Å². The number of nitrogens with one attached hydrogen (secondary N) is 1. The van der Waals surface area contributed by atoms with E-state index in [0.29, 0.717) is 5.96 Å². The molecule has 0 amide bonds. The van der Waals surface area contributed by atoms with Gasteiger partial charge in [0.05, 0.1) is 5.69 Å². The number of nitrogens with zero attached hydrogens (tertiary/aromatic N) is 2. The van der Waals surface area contributed by atoms with Crippen molar-refractivity contribution < 1.29 is 0 Å². The van der Waals surface area contributed by atoms with Crippen LogP contribution in [-0.2, 0) is 13.0 Å². The summed E-state index contributed by atoms with van der Waals surface area (Å²) in [4.78, 5) is 4.12. The van der Waals surface area contributed by atoms with Gasteiger partial charge in [-0.15, -0.1) is 12.4 Å². The summed E-state index contributed by atoms with van der Waals surface area (Å²) in [6.45, 7) is 1.84. The minimum Gasteiger partial charge on any atom is -0.341 e. The quantitative estimate of drug-likeness (QED) is 0.728. The normalized spacial score (nSPS) is 17.5. The number of guanidine groups is 1. The van der Waals surface area contributed by atoms with Gasteiger partial charge in [0.1, 0.15) is 0 Å². The molecule has 80 valence electrons. The standard InChI is InChI=1S/C11H13N3.ClH/c1-13-7-9-4-2-3-8-5-6-14(10(8)9)11(13)12;/h2-4,12H,5-7H2,1H3;1H. The highest BCUT2D eigenvalue weighted by atomic mass is 35.5. The molecule has 0 fully saturated rings. The summed E-state index contributed by atoms with van der Waals surface area (Å²) in [5, 5.41) is 7.97. The van der Waals surface area contributed by atoms with E-state index in [1.54, 1.807) is 0 Å². The van der Waals surface area contributed by atoms with Crippen molar-refractivity contribution in [2.24, 2.45) is 0 Å². The molecule has 0 spiro atoms. The third kappa shape index (κ3) is 1.30. The first kappa shape index (κ1) is 10.3. The van der Waals surface area contributed by atoms with Gasteiger partial charge in [-0.3, -0.25) is 5.41 Å². The lowest BCUT2D eigenvalue weighted by Crippen LogP contribution is -2.44. The van der Waals surface area contributed by atoms with Crippen LogP contribution in [-0.4, -0.2) is 24.5 Å². The summed E-state index contributed by atoms with van der Waals surface area (Å²) >= 11 is 0. The molecule has 1 aromatic carbocycles. The van der Waals surface area contributed by atoms with Crippen molar-refractivity contribution in [1.82, 2.24) is 4.90 Å². The molecule has 1 N–H and O–H groups in total. The SMILES string of the molecule is CN1Cc2cccc3c2N(CC3)C1=N.Cl. The maximum absolute atomic E-state index is 7.97. The monoisotopic (exact) mass is 223 g/mol. The molecule has 0 unspecified atom stereocenters. The maximum Gasteiger partial charge on any atom is 0.198 e. The zero-order valence-electron chi connectivity index (χ0n) is 8.66. The first-order valence-electron chi connectivity index (χ1n) is 4.95. The van der Waals surface area contributed by atoms with E-state index in [1.807, 2.05) is 11.9 Å². The number of hydrogen-bond donors (Lipinski definition) is 1. The summed E-state index contributed by atoms with van der Waals surface area (Å²) in [6, 6.07) is 6.47. The van der Waals surface area contributed by atoms with Crippen molar-refractivity contribution >= 4 is 24.1 Å². The minimum atomic E-state index is 0. The van der Waals surface area contributed by atoms with Gasteiger partial charge in [0, 0.05) is 20.1 Å². The second-order valence-electron chi connectivity index (χ2n) is 4.01. The van der Waals surface area contributed by atoms with Gasteiger partial charge in [0.25, 0.3) is 0 Å². The minimum absolute atomic E-state index is 0. The van der Waals surface area contributed by atoms with Gasteiger partial charge in [-0.05, 0) is 17.5 Å². The molecule has 3 nitrogen and oxygen atoms in total. The summed E-state index contributed by atoms with van der Waals surface area (Å²) in [6.07, 6.45) is 1.08. The van der Waals surface area contributed by atoms with Gasteiger partial charge in [0.2, 0.25) is 0 Å². The van der Waals surface area contributed by atoms with Gasteiger partial charge < -0.3 is 9.80 Å². The van der Waals surface area contributed by atoms with Crippen LogP contribution in [0.25, 0.3) is 0 Å². The smallest absolute Gasteiger partial charge is 0.198 e. The molecule has 0 atom stereocenters. The molecule has 3 rings (SSSR count). The molecule has 2 heterocycles. The van der Waals surface area contributed by atoms with Crippen molar-refractivity contribution in [2.75, 3.05) is 18.5 Å². The molecule has 0 aromatic heterocycles. The molecule has 0 saturated heterocycles. The van der Waals surface area contributed by atoms with Crippen LogP contribution < -0.4 is 4.90 Å². The third-order valence-electron chi connectivity index (χ3n) is 3.10. The fraction of sp³-hybridized carbons (Fsp3) is 0.364. The van der Waals surface area contributed by atoms with E-state index in [0.717, 1.165) is 19.5 Å². The Morgan fingerprint density at radius 2 is 2.00 bits per heavy atom. The van der Waals surface area contributed by atoms with Crippen molar-refractivity contribution in [3.8, 4) is 0 Å². The maximum atomic E-state index is 7.97. The van der Waals surface area contributed by atoms with Gasteiger partial charge in [-0.2, -0.15) is 0 Å². The predicted octanol–water partition coefficient (Wildman–Crippen LogP) is 1.85. The Morgan fingerprint density at radius 1 is 1.27 bits per heavy atom.